The molecule has 3 aromatic rings. The molecule has 11 nitrogen and oxygen atoms in total. The molecule has 2 N–H and O–H groups in total. The van der Waals surface area contributed by atoms with Gasteiger partial charge in [-0.05, 0) is 61.6 Å². The van der Waals surface area contributed by atoms with Crippen LogP contribution in [0.15, 0.2) is 36.5 Å². The molecule has 2 aromatic heterocycles. The quantitative estimate of drug-likeness (QED) is 0.147. The molecule has 1 saturated heterocycles. The first-order valence-electron chi connectivity index (χ1n) is 16.8. The van der Waals surface area contributed by atoms with Crippen molar-refractivity contribution in [1.82, 2.24) is 15.0 Å². The molecule has 0 aliphatic carbocycles. The van der Waals surface area contributed by atoms with Crippen LogP contribution in [-0.4, -0.2) is 71.1 Å². The van der Waals surface area contributed by atoms with E-state index in [1.54, 1.807) is 11.8 Å². The number of unbranched alkanes of at least 4 members (excludes halogenated alkanes) is 1. The van der Waals surface area contributed by atoms with Crippen LogP contribution in [0.5, 0.6) is 0 Å². The number of anilines is 3. The lowest BCUT2D eigenvalue weighted by Gasteiger charge is -2.39. The Morgan fingerprint density at radius 2 is 1.59 bits per heavy atom. The summed E-state index contributed by atoms with van der Waals surface area (Å²) in [6.07, 6.45) is -14.5. The van der Waals surface area contributed by atoms with Crippen LogP contribution in [-0.2, 0) is 39.2 Å². The number of aromatic nitrogens is 3. The molecule has 0 bridgehead atoms. The number of halogens is 9. The second-order valence-electron chi connectivity index (χ2n) is 12.6. The topological polar surface area (TPSA) is 130 Å². The number of hydrogen-bond donors (Lipinski definition) is 2. The minimum absolute atomic E-state index is 0.0112. The Bertz CT molecular complexity index is 1780. The number of morpholine rings is 1. The van der Waals surface area contributed by atoms with Gasteiger partial charge in [0.15, 0.2) is 0 Å². The fraction of sp³-hybridized carbons (Fsp3) is 0.500. The third-order valence-corrected chi connectivity index (χ3v) is 8.85. The summed E-state index contributed by atoms with van der Waals surface area (Å²) in [4.78, 5) is 39.7. The summed E-state index contributed by atoms with van der Waals surface area (Å²) in [7, 11) is 0. The second kappa shape index (κ2) is 16.2. The number of carbonyl (C=O) groups is 2. The summed E-state index contributed by atoms with van der Waals surface area (Å²) in [5.74, 6) is -1.23. The van der Waals surface area contributed by atoms with Gasteiger partial charge in [0.2, 0.25) is 5.95 Å². The predicted octanol–water partition coefficient (Wildman–Crippen LogP) is 7.89. The number of carboxylic acid groups (broad SMARTS) is 1. The zero-order chi connectivity index (χ0) is 39.4. The molecule has 0 unspecified atom stereocenters. The van der Waals surface area contributed by atoms with Gasteiger partial charge in [-0.1, -0.05) is 6.92 Å². The number of nitrogens with one attached hydrogen (secondary N) is 1. The molecule has 2 atom stereocenters. The van der Waals surface area contributed by atoms with Crippen molar-refractivity contribution in [2.24, 2.45) is 0 Å². The van der Waals surface area contributed by atoms with Crippen LogP contribution in [0, 0.1) is 0 Å². The number of fused-ring (bicyclic) bond motifs is 1. The molecular formula is C34H35F9N6O5. The molecule has 54 heavy (non-hydrogen) atoms. The Kier molecular flexibility index (Phi) is 12.1. The number of hydrogen-bond acceptors (Lipinski definition) is 9. The Hall–Kier alpha value is -4.88. The van der Waals surface area contributed by atoms with E-state index in [0.717, 1.165) is 6.07 Å². The van der Waals surface area contributed by atoms with E-state index >= 15 is 0 Å². The highest BCUT2D eigenvalue weighted by Crippen LogP contribution is 2.42. The van der Waals surface area contributed by atoms with Gasteiger partial charge in [0.05, 0.1) is 65.9 Å². The van der Waals surface area contributed by atoms with E-state index in [2.05, 4.69) is 20.3 Å². The number of pyridine rings is 1. The average molecular weight is 779 g/mol. The average Bonchev–Trinajstić information content (AvgIpc) is 3.10. The molecule has 1 fully saturated rings. The maximum atomic E-state index is 13.9. The third-order valence-electron chi connectivity index (χ3n) is 8.85. The molecule has 294 valence electrons. The Labute approximate surface area is 302 Å². The number of ether oxygens (including phenoxy) is 2. The summed E-state index contributed by atoms with van der Waals surface area (Å²) in [6, 6.07) is 1.28. The van der Waals surface area contributed by atoms with Crippen molar-refractivity contribution in [2.75, 3.05) is 48.0 Å². The third kappa shape index (κ3) is 9.80. The molecule has 20 heteroatoms. The monoisotopic (exact) mass is 778 g/mol. The normalized spacial score (nSPS) is 18.0. The molecule has 1 aromatic carbocycles. The van der Waals surface area contributed by atoms with Crippen LogP contribution in [0.3, 0.4) is 0 Å². The lowest BCUT2D eigenvalue weighted by molar-refractivity contribution is -0.143. The molecular weight excluding hydrogens is 743 g/mol. The highest BCUT2D eigenvalue weighted by atomic mass is 19.4. The van der Waals surface area contributed by atoms with Gasteiger partial charge in [0.1, 0.15) is 5.69 Å². The first-order chi connectivity index (χ1) is 25.3. The number of rotatable bonds is 11. The number of benzene rings is 1. The van der Waals surface area contributed by atoms with Crippen LogP contribution in [0.1, 0.15) is 78.8 Å². The lowest BCUT2D eigenvalue weighted by Crippen LogP contribution is -2.46. The Balaban J connectivity index is 1.52. The molecule has 0 radical (unpaired) electrons. The number of amides is 1. The first-order valence-corrected chi connectivity index (χ1v) is 16.8. The molecule has 0 spiro atoms. The van der Waals surface area contributed by atoms with Gasteiger partial charge in [0.25, 0.3) is 0 Å². The molecule has 5 rings (SSSR count). The van der Waals surface area contributed by atoms with Crippen LogP contribution in [0.2, 0.25) is 0 Å². The highest BCUT2D eigenvalue weighted by Gasteiger charge is 2.41. The number of carbonyl (C=O) groups excluding carboxylic acids is 1. The van der Waals surface area contributed by atoms with Crippen molar-refractivity contribution in [3.05, 3.63) is 70.3 Å². The number of carboxylic acids is 1. The van der Waals surface area contributed by atoms with Gasteiger partial charge in [-0.15, -0.1) is 0 Å². The van der Waals surface area contributed by atoms with Gasteiger partial charge in [-0.3, -0.25) is 9.69 Å². The molecule has 0 saturated carbocycles. The van der Waals surface area contributed by atoms with Crippen molar-refractivity contribution in [2.45, 2.75) is 76.1 Å². The standard InChI is InChI=1S/C34H35F9N6O5/c1-2-22-17-24(29-25(6-7-27(47-29)34(41,42)43)49(22)31(52)54-10-4-3-5-28(50)51)46-30-44-18-26(48-8-11-53-12-9-48)23(45-30)15-19-13-20(32(35,36)37)16-21(14-19)33(38,39)40/h6-7,13-14,16,18,22,24H,2-5,8-12,15,17H2,1H3,(H,50,51)(H,44,45,46)/t22-,24+/m1/s1. The van der Waals surface area contributed by atoms with E-state index in [1.165, 1.54) is 11.1 Å². The molecule has 1 amide bonds. The van der Waals surface area contributed by atoms with E-state index in [0.29, 0.717) is 43.4 Å². The minimum Gasteiger partial charge on any atom is -0.481 e. The second-order valence-corrected chi connectivity index (χ2v) is 12.6. The zero-order valence-corrected chi connectivity index (χ0v) is 28.6. The van der Waals surface area contributed by atoms with Gasteiger partial charge in [0, 0.05) is 32.0 Å². The highest BCUT2D eigenvalue weighted by molar-refractivity contribution is 5.90. The van der Waals surface area contributed by atoms with E-state index in [1.807, 2.05) is 0 Å². The van der Waals surface area contributed by atoms with Crippen molar-refractivity contribution in [1.29, 1.82) is 0 Å². The van der Waals surface area contributed by atoms with Gasteiger partial charge >= 0.3 is 30.6 Å². The maximum absolute atomic E-state index is 13.9. The molecule has 2 aliphatic rings. The van der Waals surface area contributed by atoms with Gasteiger partial charge in [-0.25, -0.2) is 19.7 Å². The minimum atomic E-state index is -5.09. The van der Waals surface area contributed by atoms with Crippen LogP contribution in [0.4, 0.5) is 61.6 Å². The van der Waals surface area contributed by atoms with Crippen LogP contribution in [0.25, 0.3) is 0 Å². The zero-order valence-electron chi connectivity index (χ0n) is 28.6. The van der Waals surface area contributed by atoms with E-state index in [9.17, 15) is 49.1 Å². The summed E-state index contributed by atoms with van der Waals surface area (Å²) in [5.41, 5.74) is -4.51. The van der Waals surface area contributed by atoms with Crippen molar-refractivity contribution in [3.8, 4) is 0 Å². The summed E-state index contributed by atoms with van der Waals surface area (Å²) in [6.45, 7) is 2.74. The van der Waals surface area contributed by atoms with E-state index in [-0.39, 0.29) is 80.2 Å². The Morgan fingerprint density at radius 1 is 0.926 bits per heavy atom. The summed E-state index contributed by atoms with van der Waals surface area (Å²) < 4.78 is 135. The van der Waals surface area contributed by atoms with Crippen molar-refractivity contribution >= 4 is 29.4 Å². The lowest BCUT2D eigenvalue weighted by atomic mass is 9.93. The molecule has 2 aliphatic heterocycles. The smallest absolute Gasteiger partial charge is 0.433 e. The van der Waals surface area contributed by atoms with E-state index < -0.39 is 65.9 Å². The van der Waals surface area contributed by atoms with E-state index in [4.69, 9.17) is 14.6 Å². The fourth-order valence-electron chi connectivity index (χ4n) is 6.25. The van der Waals surface area contributed by atoms with Crippen LogP contribution < -0.4 is 15.1 Å². The largest absolute Gasteiger partial charge is 0.481 e. The number of alkyl halides is 9. The number of aliphatic carboxylic acids is 1. The predicted molar refractivity (Wildman–Crippen MR) is 174 cm³/mol. The molecule has 4 heterocycles. The SMILES string of the molecule is CC[C@@H]1C[C@H](Nc2ncc(N3CCOCC3)c(Cc3cc(C(F)(F)F)cc(C(F)(F)F)c3)n2)c2nc(C(F)(F)F)ccc2N1C(=O)OCCCCC(=O)O. The first kappa shape index (κ1) is 40.3. The van der Waals surface area contributed by atoms with Gasteiger partial charge < -0.3 is 24.8 Å². The fourth-order valence-corrected chi connectivity index (χ4v) is 6.25. The summed E-state index contributed by atoms with van der Waals surface area (Å²) >= 11 is 0. The van der Waals surface area contributed by atoms with Crippen molar-refractivity contribution in [3.63, 3.8) is 0 Å². The maximum Gasteiger partial charge on any atom is 0.433 e. The van der Waals surface area contributed by atoms with Crippen LogP contribution >= 0.6 is 0 Å². The Morgan fingerprint density at radius 3 is 2.19 bits per heavy atom. The number of nitrogens with zero attached hydrogens (tertiary/aromatic N) is 5. The summed E-state index contributed by atoms with van der Waals surface area (Å²) in [5, 5.41) is 11.8. The van der Waals surface area contributed by atoms with Crippen molar-refractivity contribution < 1.29 is 63.7 Å². The van der Waals surface area contributed by atoms with Gasteiger partial charge in [-0.2, -0.15) is 39.5 Å².